The molecule has 0 saturated carbocycles. The second kappa shape index (κ2) is 9.74. The largest absolute Gasteiger partial charge is 0.407 e. The van der Waals surface area contributed by atoms with E-state index >= 15 is 0 Å². The molecule has 4 rings (SSSR count). The summed E-state index contributed by atoms with van der Waals surface area (Å²) in [6.07, 6.45) is 2.13. The molecular formula is C20H21ClN4O6S3. The maximum Gasteiger partial charge on any atom is 0.322 e. The van der Waals surface area contributed by atoms with Crippen LogP contribution in [-0.4, -0.2) is 56.6 Å². The first-order chi connectivity index (χ1) is 16.0. The average molecular weight is 545 g/mol. The molecule has 10 nitrogen and oxygen atoms in total. The Bertz CT molecular complexity index is 1390. The van der Waals surface area contributed by atoms with Crippen molar-refractivity contribution >= 4 is 54.7 Å². The van der Waals surface area contributed by atoms with Crippen LogP contribution in [0.3, 0.4) is 0 Å². The maximum atomic E-state index is 12.7. The molecule has 0 unspecified atom stereocenters. The van der Waals surface area contributed by atoms with Crippen LogP contribution in [0.15, 0.2) is 49.9 Å². The predicted molar refractivity (Wildman–Crippen MR) is 126 cm³/mol. The fraction of sp³-hybridized carbons (Fsp3) is 0.350. The number of nitrogens with zero attached hydrogens (tertiary/aromatic N) is 3. The molecule has 0 spiro atoms. The second-order valence-corrected chi connectivity index (χ2v) is 13.7. The van der Waals surface area contributed by atoms with Crippen LogP contribution in [0.1, 0.15) is 24.3 Å². The average Bonchev–Trinajstić information content (AvgIpc) is 3.42. The Morgan fingerprint density at radius 3 is 2.38 bits per heavy atom. The molecule has 1 aliphatic rings. The number of thiophene rings is 1. The minimum absolute atomic E-state index is 0.0453. The van der Waals surface area contributed by atoms with Crippen LogP contribution in [0.25, 0.3) is 0 Å². The highest BCUT2D eigenvalue weighted by molar-refractivity contribution is 7.91. The molecule has 1 saturated heterocycles. The van der Waals surface area contributed by atoms with Crippen molar-refractivity contribution in [3.8, 4) is 0 Å². The number of piperidine rings is 1. The van der Waals surface area contributed by atoms with E-state index in [0.29, 0.717) is 17.2 Å². The van der Waals surface area contributed by atoms with Gasteiger partial charge in [-0.3, -0.25) is 10.1 Å². The third-order valence-corrected chi connectivity index (χ3v) is 10.1. The zero-order valence-electron chi connectivity index (χ0n) is 18.0. The summed E-state index contributed by atoms with van der Waals surface area (Å²) in [7, 11) is -6.90. The number of rotatable bonds is 7. The lowest BCUT2D eigenvalue weighted by molar-refractivity contribution is -0.121. The van der Waals surface area contributed by atoms with Crippen LogP contribution in [0.2, 0.25) is 4.34 Å². The van der Waals surface area contributed by atoms with Gasteiger partial charge in [-0.15, -0.1) is 16.4 Å². The number of aromatic nitrogens is 2. The van der Waals surface area contributed by atoms with Gasteiger partial charge >= 0.3 is 6.01 Å². The third-order valence-electron chi connectivity index (χ3n) is 5.37. The Hall–Kier alpha value is -2.32. The van der Waals surface area contributed by atoms with Crippen molar-refractivity contribution in [3.05, 3.63) is 52.2 Å². The normalized spacial score (nSPS) is 15.9. The summed E-state index contributed by atoms with van der Waals surface area (Å²) in [5, 5.41) is 10.3. The van der Waals surface area contributed by atoms with E-state index in [1.54, 1.807) is 18.2 Å². The molecule has 14 heteroatoms. The van der Waals surface area contributed by atoms with Crippen LogP contribution in [-0.2, 0) is 31.1 Å². The zero-order valence-corrected chi connectivity index (χ0v) is 21.2. The van der Waals surface area contributed by atoms with Gasteiger partial charge in [0.05, 0.1) is 15.7 Å². The summed E-state index contributed by atoms with van der Waals surface area (Å²) in [5.41, 5.74) is 0.773. The Kier molecular flexibility index (Phi) is 7.10. The minimum Gasteiger partial charge on any atom is -0.407 e. The van der Waals surface area contributed by atoms with Crippen molar-refractivity contribution in [1.29, 1.82) is 0 Å². The molecule has 2 aromatic heterocycles. The highest BCUT2D eigenvalue weighted by Gasteiger charge is 2.33. The van der Waals surface area contributed by atoms with Gasteiger partial charge in [-0.05, 0) is 42.7 Å². The lowest BCUT2D eigenvalue weighted by Crippen LogP contribution is -2.41. The van der Waals surface area contributed by atoms with Crippen molar-refractivity contribution in [1.82, 2.24) is 14.5 Å². The number of hydrogen-bond donors (Lipinski definition) is 1. The van der Waals surface area contributed by atoms with Crippen LogP contribution in [0, 0.1) is 5.92 Å². The van der Waals surface area contributed by atoms with Crippen LogP contribution >= 0.6 is 22.9 Å². The number of sulfonamides is 1. The Labute approximate surface area is 205 Å². The molecule has 1 amide bonds. The topological polar surface area (TPSA) is 140 Å². The first-order valence-corrected chi connectivity index (χ1v) is 14.7. The number of nitrogens with one attached hydrogen (secondary N) is 1. The Morgan fingerprint density at radius 1 is 1.12 bits per heavy atom. The van der Waals surface area contributed by atoms with E-state index in [0.717, 1.165) is 23.2 Å². The van der Waals surface area contributed by atoms with E-state index in [1.165, 1.54) is 22.5 Å². The summed E-state index contributed by atoms with van der Waals surface area (Å²) in [5.74, 6) is -0.445. The molecule has 0 aliphatic carbocycles. The van der Waals surface area contributed by atoms with Crippen LogP contribution < -0.4 is 5.32 Å². The number of carbonyl (C=O) groups is 1. The standard InChI is InChI=1S/C20H21ClN4O6S3/c1-33(27,28)15-4-2-13(3-5-15)12-17-23-24-20(31-17)22-19(26)14-8-10-25(11-9-14)34(29,30)18-7-6-16(21)32-18/h2-7,14H,8-12H2,1H3,(H,22,24,26). The molecule has 34 heavy (non-hydrogen) atoms. The van der Waals surface area contributed by atoms with Gasteiger partial charge in [-0.25, -0.2) is 16.8 Å². The van der Waals surface area contributed by atoms with Crippen molar-refractivity contribution in [2.45, 2.75) is 28.4 Å². The third kappa shape index (κ3) is 5.66. The molecular weight excluding hydrogens is 524 g/mol. The van der Waals surface area contributed by atoms with Crippen LogP contribution in [0.5, 0.6) is 0 Å². The van der Waals surface area contributed by atoms with Gasteiger partial charge in [0.25, 0.3) is 10.0 Å². The van der Waals surface area contributed by atoms with Gasteiger partial charge in [0, 0.05) is 25.3 Å². The number of amides is 1. The zero-order chi connectivity index (χ0) is 24.5. The molecule has 1 aliphatic heterocycles. The molecule has 3 aromatic rings. The summed E-state index contributed by atoms with van der Waals surface area (Å²) < 4.78 is 56.0. The van der Waals surface area contributed by atoms with E-state index in [9.17, 15) is 21.6 Å². The van der Waals surface area contributed by atoms with E-state index < -0.39 is 25.8 Å². The summed E-state index contributed by atoms with van der Waals surface area (Å²) in [6, 6.07) is 9.30. The van der Waals surface area contributed by atoms with Crippen molar-refractivity contribution in [3.63, 3.8) is 0 Å². The van der Waals surface area contributed by atoms with Crippen LogP contribution in [0.4, 0.5) is 6.01 Å². The van der Waals surface area contributed by atoms with E-state index in [4.69, 9.17) is 16.0 Å². The predicted octanol–water partition coefficient (Wildman–Crippen LogP) is 2.82. The van der Waals surface area contributed by atoms with Crippen molar-refractivity contribution in [2.75, 3.05) is 24.7 Å². The fourth-order valence-electron chi connectivity index (χ4n) is 3.53. The number of sulfone groups is 1. The van der Waals surface area contributed by atoms with Gasteiger partial charge in [0.1, 0.15) is 4.21 Å². The smallest absolute Gasteiger partial charge is 0.322 e. The van der Waals surface area contributed by atoms with E-state index in [-0.39, 0.29) is 46.4 Å². The van der Waals surface area contributed by atoms with Gasteiger partial charge in [-0.1, -0.05) is 28.8 Å². The van der Waals surface area contributed by atoms with Crippen molar-refractivity contribution < 1.29 is 26.0 Å². The van der Waals surface area contributed by atoms with Gasteiger partial charge < -0.3 is 4.42 Å². The minimum atomic E-state index is -3.63. The summed E-state index contributed by atoms with van der Waals surface area (Å²) in [6.45, 7) is 0.434. The van der Waals surface area contributed by atoms with Gasteiger partial charge in [0.2, 0.25) is 11.8 Å². The van der Waals surface area contributed by atoms with Crippen molar-refractivity contribution in [2.24, 2.45) is 5.92 Å². The maximum absolute atomic E-state index is 12.7. The lowest BCUT2D eigenvalue weighted by atomic mass is 9.97. The number of halogens is 1. The summed E-state index contributed by atoms with van der Waals surface area (Å²) >= 11 is 6.86. The monoisotopic (exact) mass is 544 g/mol. The Balaban J connectivity index is 1.31. The first kappa shape index (κ1) is 24.8. The number of carbonyl (C=O) groups excluding carboxylic acids is 1. The molecule has 1 fully saturated rings. The number of anilines is 1. The quantitative estimate of drug-likeness (QED) is 0.479. The molecule has 0 bridgehead atoms. The Morgan fingerprint density at radius 2 is 1.79 bits per heavy atom. The highest BCUT2D eigenvalue weighted by Crippen LogP contribution is 2.30. The molecule has 1 N–H and O–H groups in total. The number of hydrogen-bond acceptors (Lipinski definition) is 9. The fourth-order valence-corrected chi connectivity index (χ4v) is 7.27. The molecule has 0 radical (unpaired) electrons. The number of benzene rings is 1. The second-order valence-electron chi connectivity index (χ2n) is 7.82. The lowest BCUT2D eigenvalue weighted by Gasteiger charge is -2.29. The first-order valence-electron chi connectivity index (χ1n) is 10.2. The van der Waals surface area contributed by atoms with Gasteiger partial charge in [-0.2, -0.15) is 4.31 Å². The summed E-state index contributed by atoms with van der Waals surface area (Å²) in [4.78, 5) is 12.8. The highest BCUT2D eigenvalue weighted by atomic mass is 35.5. The van der Waals surface area contributed by atoms with Gasteiger partial charge in [0.15, 0.2) is 9.84 Å². The molecule has 0 atom stereocenters. The molecule has 182 valence electrons. The van der Waals surface area contributed by atoms with E-state index in [1.807, 2.05) is 0 Å². The molecule has 3 heterocycles. The van der Waals surface area contributed by atoms with E-state index in [2.05, 4.69) is 15.5 Å². The molecule has 1 aromatic carbocycles. The SMILES string of the molecule is CS(=O)(=O)c1ccc(Cc2nnc(NC(=O)C3CCN(S(=O)(=O)c4ccc(Cl)s4)CC3)o2)cc1.